The third-order valence-corrected chi connectivity index (χ3v) is 5.81. The van der Waals surface area contributed by atoms with Crippen molar-refractivity contribution in [3.63, 3.8) is 0 Å². The van der Waals surface area contributed by atoms with E-state index in [9.17, 15) is 0 Å². The molecule has 0 saturated carbocycles. The summed E-state index contributed by atoms with van der Waals surface area (Å²) in [6.45, 7) is 2.26. The van der Waals surface area contributed by atoms with E-state index in [0.29, 0.717) is 6.79 Å². The summed E-state index contributed by atoms with van der Waals surface area (Å²) in [5, 5.41) is 2.38. The van der Waals surface area contributed by atoms with Gasteiger partial charge in [-0.2, -0.15) is 0 Å². The van der Waals surface area contributed by atoms with Gasteiger partial charge in [-0.1, -0.05) is 36.4 Å². The SMILES string of the molecule is COc1ccccc1[C@@H](CC[NH2+]Cc1ccc(N(C)C)cc1)c1ccc2c(c1)OCO2. The molecule has 0 saturated heterocycles. The van der Waals surface area contributed by atoms with Crippen molar-refractivity contribution < 1.29 is 19.5 Å². The molecular formula is C26H31N2O3+. The number of para-hydroxylation sites is 1. The van der Waals surface area contributed by atoms with Gasteiger partial charge in [0.1, 0.15) is 12.3 Å². The Labute approximate surface area is 184 Å². The van der Waals surface area contributed by atoms with Gasteiger partial charge in [-0.3, -0.25) is 0 Å². The lowest BCUT2D eigenvalue weighted by Crippen LogP contribution is -2.82. The molecule has 0 fully saturated rings. The number of nitrogens with zero attached hydrogens (tertiary/aromatic N) is 1. The van der Waals surface area contributed by atoms with Crippen LogP contribution in [0.3, 0.4) is 0 Å². The third kappa shape index (κ3) is 4.94. The molecule has 5 heteroatoms. The summed E-state index contributed by atoms with van der Waals surface area (Å²) in [7, 11) is 5.86. The molecule has 0 amide bonds. The molecule has 1 aliphatic heterocycles. The molecule has 0 unspecified atom stereocenters. The van der Waals surface area contributed by atoms with Gasteiger partial charge >= 0.3 is 0 Å². The van der Waals surface area contributed by atoms with E-state index in [4.69, 9.17) is 14.2 Å². The number of ether oxygens (including phenoxy) is 3. The number of nitrogens with two attached hydrogens (primary N) is 1. The highest BCUT2D eigenvalue weighted by atomic mass is 16.7. The minimum Gasteiger partial charge on any atom is -0.496 e. The standard InChI is InChI=1S/C26H30N2O3/c1-28(2)21-11-8-19(9-12-21)17-27-15-14-22(23-6-4-5-7-24(23)29-3)20-10-13-25-26(16-20)31-18-30-25/h4-13,16,22,27H,14-15,17-18H2,1-3H3/p+1/t22-/m0/s1. The van der Waals surface area contributed by atoms with E-state index >= 15 is 0 Å². The quantitative estimate of drug-likeness (QED) is 0.537. The molecule has 0 aromatic heterocycles. The molecule has 0 spiro atoms. The number of hydrogen-bond acceptors (Lipinski definition) is 4. The van der Waals surface area contributed by atoms with E-state index in [0.717, 1.165) is 36.8 Å². The minimum absolute atomic E-state index is 0.220. The van der Waals surface area contributed by atoms with Crippen LogP contribution >= 0.6 is 0 Å². The van der Waals surface area contributed by atoms with Crippen LogP contribution < -0.4 is 24.4 Å². The molecule has 3 aromatic carbocycles. The maximum atomic E-state index is 5.68. The predicted octanol–water partition coefficient (Wildman–Crippen LogP) is 3.78. The van der Waals surface area contributed by atoms with Gasteiger partial charge in [-0.25, -0.2) is 0 Å². The highest BCUT2D eigenvalue weighted by molar-refractivity contribution is 5.49. The van der Waals surface area contributed by atoms with Gasteiger partial charge in [0.25, 0.3) is 0 Å². The molecule has 1 aliphatic rings. The molecule has 2 N–H and O–H groups in total. The van der Waals surface area contributed by atoms with E-state index in [-0.39, 0.29) is 5.92 Å². The smallest absolute Gasteiger partial charge is 0.231 e. The summed E-state index contributed by atoms with van der Waals surface area (Å²) in [6.07, 6.45) is 0.996. The molecule has 31 heavy (non-hydrogen) atoms. The summed E-state index contributed by atoms with van der Waals surface area (Å²) in [4.78, 5) is 2.12. The van der Waals surface area contributed by atoms with Crippen LogP contribution in [-0.4, -0.2) is 34.5 Å². The molecule has 162 valence electrons. The molecule has 3 aromatic rings. The van der Waals surface area contributed by atoms with Crippen LogP contribution in [0.5, 0.6) is 17.2 Å². The molecule has 1 atom stereocenters. The number of fused-ring (bicyclic) bond motifs is 1. The predicted molar refractivity (Wildman–Crippen MR) is 123 cm³/mol. The van der Waals surface area contributed by atoms with Crippen LogP contribution in [0.25, 0.3) is 0 Å². The fourth-order valence-corrected chi connectivity index (χ4v) is 4.07. The van der Waals surface area contributed by atoms with Crippen LogP contribution in [0.2, 0.25) is 0 Å². The van der Waals surface area contributed by atoms with Crippen molar-refractivity contribution in [2.24, 2.45) is 0 Å². The third-order valence-electron chi connectivity index (χ3n) is 5.81. The number of hydrogen-bond donors (Lipinski definition) is 1. The van der Waals surface area contributed by atoms with E-state index in [1.807, 2.05) is 18.2 Å². The van der Waals surface area contributed by atoms with E-state index in [1.54, 1.807) is 7.11 Å². The van der Waals surface area contributed by atoms with E-state index in [1.165, 1.54) is 22.4 Å². The van der Waals surface area contributed by atoms with E-state index < -0.39 is 0 Å². The Morgan fingerprint density at radius 3 is 2.52 bits per heavy atom. The average molecular weight is 420 g/mol. The first kappa shape index (κ1) is 21.1. The first-order chi connectivity index (χ1) is 15.2. The summed E-state index contributed by atoms with van der Waals surface area (Å²) in [5.41, 5.74) is 4.98. The number of methoxy groups -OCH3 is 1. The van der Waals surface area contributed by atoms with Crippen molar-refractivity contribution in [2.75, 3.05) is 39.4 Å². The summed E-state index contributed by atoms with van der Waals surface area (Å²) >= 11 is 0. The summed E-state index contributed by atoms with van der Waals surface area (Å²) in [5.74, 6) is 2.78. The number of benzene rings is 3. The first-order valence-corrected chi connectivity index (χ1v) is 10.8. The maximum Gasteiger partial charge on any atom is 0.231 e. The second kappa shape index (κ2) is 9.75. The zero-order valence-electron chi connectivity index (χ0n) is 18.5. The number of anilines is 1. The first-order valence-electron chi connectivity index (χ1n) is 10.8. The average Bonchev–Trinajstić information content (AvgIpc) is 3.27. The second-order valence-electron chi connectivity index (χ2n) is 8.04. The van der Waals surface area contributed by atoms with Crippen LogP contribution in [0.1, 0.15) is 29.0 Å². The van der Waals surface area contributed by atoms with Crippen LogP contribution in [-0.2, 0) is 6.54 Å². The zero-order valence-corrected chi connectivity index (χ0v) is 18.5. The van der Waals surface area contributed by atoms with Crippen LogP contribution in [0.4, 0.5) is 5.69 Å². The van der Waals surface area contributed by atoms with E-state index in [2.05, 4.69) is 72.8 Å². The highest BCUT2D eigenvalue weighted by Crippen LogP contribution is 2.39. The minimum atomic E-state index is 0.220. The van der Waals surface area contributed by atoms with Crippen molar-refractivity contribution in [1.29, 1.82) is 0 Å². The van der Waals surface area contributed by atoms with Gasteiger partial charge in [0.05, 0.1) is 13.7 Å². The summed E-state index contributed by atoms with van der Waals surface area (Å²) < 4.78 is 16.8. The molecule has 0 bridgehead atoms. The monoisotopic (exact) mass is 419 g/mol. The lowest BCUT2D eigenvalue weighted by molar-refractivity contribution is -0.671. The Morgan fingerprint density at radius 1 is 0.968 bits per heavy atom. The van der Waals surface area contributed by atoms with Gasteiger partial charge < -0.3 is 24.4 Å². The normalized spacial score (nSPS) is 13.1. The molecule has 0 radical (unpaired) electrons. The molecular weight excluding hydrogens is 388 g/mol. The number of quaternary nitrogens is 1. The topological polar surface area (TPSA) is 47.5 Å². The Balaban J connectivity index is 1.47. The molecule has 0 aliphatic carbocycles. The highest BCUT2D eigenvalue weighted by Gasteiger charge is 2.22. The van der Waals surface area contributed by atoms with Gasteiger partial charge in [0.15, 0.2) is 11.5 Å². The van der Waals surface area contributed by atoms with Gasteiger partial charge in [-0.15, -0.1) is 0 Å². The van der Waals surface area contributed by atoms with Crippen molar-refractivity contribution in [3.8, 4) is 17.2 Å². The van der Waals surface area contributed by atoms with Crippen molar-refractivity contribution in [1.82, 2.24) is 0 Å². The van der Waals surface area contributed by atoms with Gasteiger partial charge in [-0.05, 0) is 35.9 Å². The Hall–Kier alpha value is -3.18. The molecule has 5 nitrogen and oxygen atoms in total. The van der Waals surface area contributed by atoms with Crippen LogP contribution in [0.15, 0.2) is 66.7 Å². The Morgan fingerprint density at radius 2 is 1.74 bits per heavy atom. The lowest BCUT2D eigenvalue weighted by Gasteiger charge is -2.20. The fraction of sp³-hybridized carbons (Fsp3) is 0.308. The van der Waals surface area contributed by atoms with Crippen LogP contribution in [0, 0.1) is 0 Å². The fourth-order valence-electron chi connectivity index (χ4n) is 4.07. The summed E-state index contributed by atoms with van der Waals surface area (Å²) in [6, 6.07) is 23.3. The zero-order chi connectivity index (χ0) is 21.6. The Bertz CT molecular complexity index is 1000. The Kier molecular flexibility index (Phi) is 6.63. The van der Waals surface area contributed by atoms with Crippen molar-refractivity contribution >= 4 is 5.69 Å². The van der Waals surface area contributed by atoms with Gasteiger partial charge in [0.2, 0.25) is 6.79 Å². The second-order valence-corrected chi connectivity index (χ2v) is 8.04. The van der Waals surface area contributed by atoms with Gasteiger partial charge in [0, 0.05) is 43.2 Å². The largest absolute Gasteiger partial charge is 0.496 e. The lowest BCUT2D eigenvalue weighted by atomic mass is 9.87. The van der Waals surface area contributed by atoms with Crippen molar-refractivity contribution in [2.45, 2.75) is 18.9 Å². The molecule has 1 heterocycles. The molecule has 4 rings (SSSR count). The van der Waals surface area contributed by atoms with Crippen molar-refractivity contribution in [3.05, 3.63) is 83.4 Å². The maximum absolute atomic E-state index is 5.68. The number of rotatable bonds is 9.